The second kappa shape index (κ2) is 7.31. The van der Waals surface area contributed by atoms with Gasteiger partial charge in [-0.1, -0.05) is 23.7 Å². The Bertz CT molecular complexity index is 500. The van der Waals surface area contributed by atoms with E-state index < -0.39 is 5.97 Å². The van der Waals surface area contributed by atoms with Crippen molar-refractivity contribution in [3.05, 3.63) is 34.9 Å². The van der Waals surface area contributed by atoms with Crippen LogP contribution in [0.1, 0.15) is 37.3 Å². The summed E-state index contributed by atoms with van der Waals surface area (Å²) in [7, 11) is 0. The first-order valence-electron chi connectivity index (χ1n) is 7.08. The van der Waals surface area contributed by atoms with Gasteiger partial charge in [0.05, 0.1) is 6.04 Å². The van der Waals surface area contributed by atoms with E-state index in [0.717, 1.165) is 18.4 Å². The van der Waals surface area contributed by atoms with Crippen LogP contribution in [0, 0.1) is 5.92 Å². The summed E-state index contributed by atoms with van der Waals surface area (Å²) >= 11 is 5.88. The molecule has 0 aromatic heterocycles. The lowest BCUT2D eigenvalue weighted by molar-refractivity contribution is -0.137. The van der Waals surface area contributed by atoms with Crippen molar-refractivity contribution in [1.29, 1.82) is 0 Å². The van der Waals surface area contributed by atoms with Crippen molar-refractivity contribution in [2.24, 2.45) is 5.92 Å². The summed E-state index contributed by atoms with van der Waals surface area (Å²) in [5.41, 5.74) is 1.04. The first-order chi connectivity index (χ1) is 10.1. The Morgan fingerprint density at radius 1 is 1.29 bits per heavy atom. The molecule has 0 saturated heterocycles. The summed E-state index contributed by atoms with van der Waals surface area (Å²) in [6.45, 7) is 0.357. The highest BCUT2D eigenvalue weighted by atomic mass is 35.5. The molecular weight excluding hydrogens is 292 g/mol. The monoisotopic (exact) mass is 310 g/mol. The van der Waals surface area contributed by atoms with E-state index in [1.54, 1.807) is 0 Å². The molecule has 0 bridgehead atoms. The maximum absolute atomic E-state index is 11.9. The Morgan fingerprint density at radius 2 is 1.95 bits per heavy atom. The lowest BCUT2D eigenvalue weighted by atomic mass is 10.0. The fourth-order valence-electron chi connectivity index (χ4n) is 2.21. The summed E-state index contributed by atoms with van der Waals surface area (Å²) < 4.78 is 0. The van der Waals surface area contributed by atoms with Crippen molar-refractivity contribution in [3.63, 3.8) is 0 Å². The molecule has 6 heteroatoms. The number of hydrogen-bond acceptors (Lipinski definition) is 2. The van der Waals surface area contributed by atoms with Gasteiger partial charge in [0.25, 0.3) is 0 Å². The molecule has 5 nitrogen and oxygen atoms in total. The van der Waals surface area contributed by atoms with Crippen LogP contribution in [0.3, 0.4) is 0 Å². The zero-order valence-corrected chi connectivity index (χ0v) is 12.4. The first-order valence-corrected chi connectivity index (χ1v) is 7.45. The van der Waals surface area contributed by atoms with Crippen LogP contribution in [0.2, 0.25) is 5.02 Å². The number of halogens is 1. The van der Waals surface area contributed by atoms with E-state index >= 15 is 0 Å². The number of benzene rings is 1. The number of nitrogens with one attached hydrogen (secondary N) is 2. The fourth-order valence-corrected chi connectivity index (χ4v) is 2.33. The molecule has 0 aliphatic heterocycles. The summed E-state index contributed by atoms with van der Waals surface area (Å²) in [6.07, 6.45) is 2.69. The van der Waals surface area contributed by atoms with E-state index in [0.29, 0.717) is 23.9 Å². The Morgan fingerprint density at radius 3 is 2.52 bits per heavy atom. The average molecular weight is 311 g/mol. The molecule has 0 spiro atoms. The van der Waals surface area contributed by atoms with Crippen LogP contribution >= 0.6 is 11.6 Å². The van der Waals surface area contributed by atoms with Crippen LogP contribution in [-0.4, -0.2) is 23.7 Å². The molecule has 1 unspecified atom stereocenters. The molecule has 0 radical (unpaired) electrons. The minimum absolute atomic E-state index is 0.0123. The second-order valence-electron chi connectivity index (χ2n) is 5.26. The number of amides is 2. The van der Waals surface area contributed by atoms with Gasteiger partial charge in [0.1, 0.15) is 0 Å². The number of carbonyl (C=O) groups excluding carboxylic acids is 1. The van der Waals surface area contributed by atoms with Crippen molar-refractivity contribution in [2.75, 3.05) is 6.54 Å². The molecule has 0 heterocycles. The smallest absolute Gasteiger partial charge is 0.315 e. The van der Waals surface area contributed by atoms with Crippen molar-refractivity contribution in [2.45, 2.75) is 31.7 Å². The molecule has 1 fully saturated rings. The third kappa shape index (κ3) is 5.27. The van der Waals surface area contributed by atoms with Gasteiger partial charge < -0.3 is 15.7 Å². The third-order valence-corrected chi connectivity index (χ3v) is 3.71. The van der Waals surface area contributed by atoms with Gasteiger partial charge in [-0.2, -0.15) is 0 Å². The summed E-state index contributed by atoms with van der Waals surface area (Å²) in [5, 5.41) is 14.9. The molecular formula is C15H19ClN2O3. The molecule has 114 valence electrons. The minimum atomic E-state index is -0.853. The van der Waals surface area contributed by atoms with Crippen molar-refractivity contribution in [3.8, 4) is 0 Å². The number of urea groups is 1. The van der Waals surface area contributed by atoms with E-state index in [4.69, 9.17) is 16.7 Å². The van der Waals surface area contributed by atoms with E-state index in [9.17, 15) is 9.59 Å². The Hall–Kier alpha value is -1.75. The molecule has 2 amide bonds. The minimum Gasteiger partial charge on any atom is -0.481 e. The zero-order valence-electron chi connectivity index (χ0n) is 11.6. The van der Waals surface area contributed by atoms with E-state index in [-0.39, 0.29) is 18.5 Å². The summed E-state index contributed by atoms with van der Waals surface area (Å²) in [4.78, 5) is 22.3. The number of carbonyl (C=O) groups is 2. The maximum Gasteiger partial charge on any atom is 0.315 e. The molecule has 3 N–H and O–H groups in total. The van der Waals surface area contributed by atoms with Crippen LogP contribution in [0.5, 0.6) is 0 Å². The number of rotatable bonds is 7. The first kappa shape index (κ1) is 15.6. The topological polar surface area (TPSA) is 78.4 Å². The van der Waals surface area contributed by atoms with Crippen molar-refractivity contribution >= 4 is 23.6 Å². The predicted molar refractivity (Wildman–Crippen MR) is 80.3 cm³/mol. The number of aliphatic carboxylic acids is 1. The average Bonchev–Trinajstić information content (AvgIpc) is 3.26. The van der Waals surface area contributed by atoms with E-state index in [1.807, 2.05) is 24.3 Å². The molecule has 21 heavy (non-hydrogen) atoms. The van der Waals surface area contributed by atoms with Gasteiger partial charge in [-0.05, 0) is 42.9 Å². The fraction of sp³-hybridized carbons (Fsp3) is 0.467. The van der Waals surface area contributed by atoms with Gasteiger partial charge >= 0.3 is 12.0 Å². The normalized spacial score (nSPS) is 15.3. The van der Waals surface area contributed by atoms with Gasteiger partial charge in [0, 0.05) is 18.0 Å². The van der Waals surface area contributed by atoms with Crippen molar-refractivity contribution < 1.29 is 14.7 Å². The highest BCUT2D eigenvalue weighted by Crippen LogP contribution is 2.41. The van der Waals surface area contributed by atoms with Crippen LogP contribution < -0.4 is 10.6 Å². The van der Waals surface area contributed by atoms with Crippen molar-refractivity contribution in [1.82, 2.24) is 10.6 Å². The van der Waals surface area contributed by atoms with Gasteiger partial charge in [-0.3, -0.25) is 4.79 Å². The lowest BCUT2D eigenvalue weighted by Crippen LogP contribution is -2.39. The SMILES string of the molecule is O=C(O)CCCNC(=O)NC(c1ccc(Cl)cc1)C1CC1. The standard InChI is InChI=1S/C15H19ClN2O3/c16-12-7-5-11(6-8-12)14(10-3-4-10)18-15(21)17-9-1-2-13(19)20/h5-8,10,14H,1-4,9H2,(H,19,20)(H2,17,18,21). The summed E-state index contributed by atoms with van der Waals surface area (Å²) in [6, 6.07) is 7.22. The molecule has 2 rings (SSSR count). The van der Waals surface area contributed by atoms with Gasteiger partial charge in [-0.25, -0.2) is 4.79 Å². The highest BCUT2D eigenvalue weighted by Gasteiger charge is 2.33. The zero-order chi connectivity index (χ0) is 15.2. The number of carboxylic acid groups (broad SMARTS) is 1. The van der Waals surface area contributed by atoms with Gasteiger partial charge in [0.2, 0.25) is 0 Å². The molecule has 1 aromatic rings. The quantitative estimate of drug-likeness (QED) is 0.677. The van der Waals surface area contributed by atoms with Crippen LogP contribution in [0.25, 0.3) is 0 Å². The summed E-state index contributed by atoms with van der Waals surface area (Å²) in [5.74, 6) is -0.384. The third-order valence-electron chi connectivity index (χ3n) is 3.46. The molecule has 1 saturated carbocycles. The second-order valence-corrected chi connectivity index (χ2v) is 5.70. The highest BCUT2D eigenvalue weighted by molar-refractivity contribution is 6.30. The Labute approximate surface area is 128 Å². The van der Waals surface area contributed by atoms with Gasteiger partial charge in [-0.15, -0.1) is 0 Å². The molecule has 1 aromatic carbocycles. The largest absolute Gasteiger partial charge is 0.481 e. The van der Waals surface area contributed by atoms with Crippen LogP contribution in [-0.2, 0) is 4.79 Å². The maximum atomic E-state index is 11.9. The van der Waals surface area contributed by atoms with Crippen LogP contribution in [0.4, 0.5) is 4.79 Å². The Balaban J connectivity index is 1.84. The lowest BCUT2D eigenvalue weighted by Gasteiger charge is -2.19. The molecule has 1 aliphatic rings. The van der Waals surface area contributed by atoms with Crippen LogP contribution in [0.15, 0.2) is 24.3 Å². The van der Waals surface area contributed by atoms with E-state index in [1.165, 1.54) is 0 Å². The predicted octanol–water partition coefficient (Wildman–Crippen LogP) is 2.96. The Kier molecular flexibility index (Phi) is 5.44. The number of hydrogen-bond donors (Lipinski definition) is 3. The molecule has 1 atom stereocenters. The van der Waals surface area contributed by atoms with E-state index in [2.05, 4.69) is 10.6 Å². The van der Waals surface area contributed by atoms with Gasteiger partial charge in [0.15, 0.2) is 0 Å². The number of carboxylic acids is 1. The molecule has 1 aliphatic carbocycles.